The third kappa shape index (κ3) is 4.09. The van der Waals surface area contributed by atoms with E-state index in [1.807, 2.05) is 31.3 Å². The molecule has 3 aromatic heterocycles. The number of hydrogen-bond donors (Lipinski definition) is 4. The van der Waals surface area contributed by atoms with Crippen molar-refractivity contribution in [3.63, 3.8) is 0 Å². The highest BCUT2D eigenvalue weighted by molar-refractivity contribution is 5.91. The van der Waals surface area contributed by atoms with Gasteiger partial charge in [0.15, 0.2) is 5.82 Å². The number of piperidine rings is 1. The van der Waals surface area contributed by atoms with Crippen LogP contribution in [0, 0.1) is 6.92 Å². The molecule has 0 amide bonds. The molecule has 1 fully saturated rings. The average molecular weight is 380 g/mol. The molecule has 1 saturated heterocycles. The molecular formula is C21H29N7. The van der Waals surface area contributed by atoms with Crippen molar-refractivity contribution < 1.29 is 0 Å². The normalized spacial score (nSPS) is 22.3. The Kier molecular flexibility index (Phi) is 5.43. The Morgan fingerprint density at radius 1 is 1.11 bits per heavy atom. The van der Waals surface area contributed by atoms with Crippen molar-refractivity contribution >= 4 is 28.4 Å². The topological polar surface area (TPSA) is 90.5 Å². The van der Waals surface area contributed by atoms with Crippen LogP contribution in [0.5, 0.6) is 0 Å². The Hall–Kier alpha value is -2.67. The van der Waals surface area contributed by atoms with Gasteiger partial charge in [-0.15, -0.1) is 0 Å². The molecule has 3 aromatic rings. The molecule has 4 N–H and O–H groups in total. The number of pyridine rings is 2. The van der Waals surface area contributed by atoms with E-state index in [9.17, 15) is 0 Å². The molecule has 1 aliphatic rings. The van der Waals surface area contributed by atoms with Gasteiger partial charge in [0, 0.05) is 47.5 Å². The average Bonchev–Trinajstić information content (AvgIpc) is 3.12. The molecule has 4 rings (SSSR count). The zero-order valence-electron chi connectivity index (χ0n) is 16.8. The van der Waals surface area contributed by atoms with Crippen molar-refractivity contribution in [2.75, 3.05) is 10.6 Å². The molecule has 1 aliphatic heterocycles. The second-order valence-corrected chi connectivity index (χ2v) is 7.68. The molecule has 4 heterocycles. The summed E-state index contributed by atoms with van der Waals surface area (Å²) in [5.41, 5.74) is 1.92. The van der Waals surface area contributed by atoms with E-state index in [2.05, 4.69) is 51.0 Å². The molecule has 148 valence electrons. The highest BCUT2D eigenvalue weighted by Crippen LogP contribution is 2.28. The molecular weight excluding hydrogens is 350 g/mol. The van der Waals surface area contributed by atoms with Gasteiger partial charge in [-0.2, -0.15) is 5.10 Å². The van der Waals surface area contributed by atoms with Crippen LogP contribution in [-0.2, 0) is 0 Å². The molecule has 0 aromatic carbocycles. The van der Waals surface area contributed by atoms with E-state index in [4.69, 9.17) is 4.98 Å². The number of hydrogen-bond acceptors (Lipinski definition) is 6. The van der Waals surface area contributed by atoms with Crippen LogP contribution in [0.15, 0.2) is 30.5 Å². The van der Waals surface area contributed by atoms with Gasteiger partial charge in [0.1, 0.15) is 11.6 Å². The lowest BCUT2D eigenvalue weighted by atomic mass is 9.91. The summed E-state index contributed by atoms with van der Waals surface area (Å²) in [5.74, 6) is 2.38. The highest BCUT2D eigenvalue weighted by Gasteiger charge is 2.27. The van der Waals surface area contributed by atoms with Crippen molar-refractivity contribution in [3.05, 3.63) is 36.2 Å². The van der Waals surface area contributed by atoms with Gasteiger partial charge < -0.3 is 16.0 Å². The Morgan fingerprint density at radius 3 is 2.57 bits per heavy atom. The molecule has 7 nitrogen and oxygen atoms in total. The van der Waals surface area contributed by atoms with Gasteiger partial charge in [-0.1, -0.05) is 13.8 Å². The minimum atomic E-state index is 0.398. The number of nitrogens with zero attached hydrogens (tertiary/aromatic N) is 3. The molecule has 7 heteroatoms. The standard InChI is InChI=1S/C21H29N7/c1-4-14-10-16(11-15(5-2)23-14)24-21-17-7-6-8-22-18(17)12-19(26-21)25-20-9-13(3)27-28-20/h6-9,12,14-16,23H,4-5,10-11H2,1-3H3,(H3,24,25,26,27,28)/t14-,15+,16-. The van der Waals surface area contributed by atoms with Crippen LogP contribution in [0.1, 0.15) is 45.2 Å². The zero-order chi connectivity index (χ0) is 19.5. The van der Waals surface area contributed by atoms with Crippen molar-refractivity contribution in [1.82, 2.24) is 25.5 Å². The first kappa shape index (κ1) is 18.7. The number of anilines is 3. The molecule has 28 heavy (non-hydrogen) atoms. The van der Waals surface area contributed by atoms with Crippen molar-refractivity contribution in [1.29, 1.82) is 0 Å². The Labute approximate surface area is 165 Å². The number of aromatic amines is 1. The van der Waals surface area contributed by atoms with Crippen LogP contribution in [0.3, 0.4) is 0 Å². The maximum atomic E-state index is 4.86. The van der Waals surface area contributed by atoms with Gasteiger partial charge in [0.2, 0.25) is 0 Å². The molecule has 0 spiro atoms. The predicted octanol–water partition coefficient (Wildman–Crippen LogP) is 4.13. The first-order chi connectivity index (χ1) is 13.6. The fraction of sp³-hybridized carbons (Fsp3) is 0.476. The first-order valence-corrected chi connectivity index (χ1v) is 10.2. The summed E-state index contributed by atoms with van der Waals surface area (Å²) in [6, 6.07) is 9.47. The van der Waals surface area contributed by atoms with E-state index in [1.165, 1.54) is 0 Å². The maximum absolute atomic E-state index is 4.86. The number of H-pyrrole nitrogens is 1. The quantitative estimate of drug-likeness (QED) is 0.515. The fourth-order valence-corrected chi connectivity index (χ4v) is 4.00. The van der Waals surface area contributed by atoms with Crippen LogP contribution in [0.25, 0.3) is 10.9 Å². The largest absolute Gasteiger partial charge is 0.367 e. The van der Waals surface area contributed by atoms with Crippen LogP contribution >= 0.6 is 0 Å². The first-order valence-electron chi connectivity index (χ1n) is 10.2. The molecule has 0 unspecified atom stereocenters. The van der Waals surface area contributed by atoms with Gasteiger partial charge >= 0.3 is 0 Å². The lowest BCUT2D eigenvalue weighted by Gasteiger charge is -2.36. The summed E-state index contributed by atoms with van der Waals surface area (Å²) in [5, 5.41) is 19.0. The van der Waals surface area contributed by atoms with E-state index < -0.39 is 0 Å². The van der Waals surface area contributed by atoms with E-state index >= 15 is 0 Å². The fourth-order valence-electron chi connectivity index (χ4n) is 4.00. The third-order valence-electron chi connectivity index (χ3n) is 5.50. The van der Waals surface area contributed by atoms with E-state index in [0.29, 0.717) is 18.1 Å². The number of nitrogens with one attached hydrogen (secondary N) is 4. The smallest absolute Gasteiger partial charge is 0.153 e. The third-order valence-corrected chi connectivity index (χ3v) is 5.50. The number of aryl methyl sites for hydroxylation is 1. The zero-order valence-corrected chi connectivity index (χ0v) is 16.8. The lowest BCUT2D eigenvalue weighted by Crippen LogP contribution is -2.49. The predicted molar refractivity (Wildman–Crippen MR) is 114 cm³/mol. The maximum Gasteiger partial charge on any atom is 0.153 e. The Bertz CT molecular complexity index is 923. The summed E-state index contributed by atoms with van der Waals surface area (Å²) >= 11 is 0. The second-order valence-electron chi connectivity index (χ2n) is 7.68. The second kappa shape index (κ2) is 8.14. The van der Waals surface area contributed by atoms with Crippen LogP contribution in [0.4, 0.5) is 17.5 Å². The molecule has 0 bridgehead atoms. The summed E-state index contributed by atoms with van der Waals surface area (Å²) in [6.45, 7) is 6.48. The number of rotatable bonds is 6. The summed E-state index contributed by atoms with van der Waals surface area (Å²) in [4.78, 5) is 9.41. The summed E-state index contributed by atoms with van der Waals surface area (Å²) in [6.07, 6.45) is 6.31. The van der Waals surface area contributed by atoms with Crippen LogP contribution in [0.2, 0.25) is 0 Å². The SMILES string of the molecule is CC[C@@H]1C[C@@H](Nc2nc(Nc3cc(C)[nH]n3)cc3ncccc23)C[C@H](CC)N1. The van der Waals surface area contributed by atoms with Gasteiger partial charge in [-0.3, -0.25) is 10.1 Å². The van der Waals surface area contributed by atoms with Gasteiger partial charge in [-0.25, -0.2) is 4.98 Å². The van der Waals surface area contributed by atoms with Gasteiger partial charge in [0.05, 0.1) is 5.52 Å². The molecule has 0 saturated carbocycles. The van der Waals surface area contributed by atoms with E-state index in [0.717, 1.165) is 59.7 Å². The Balaban J connectivity index is 1.63. The molecule has 3 atom stereocenters. The molecule has 0 radical (unpaired) electrons. The van der Waals surface area contributed by atoms with Crippen molar-refractivity contribution in [2.45, 2.75) is 64.6 Å². The monoisotopic (exact) mass is 379 g/mol. The minimum absolute atomic E-state index is 0.398. The number of aromatic nitrogens is 4. The van der Waals surface area contributed by atoms with E-state index in [1.54, 1.807) is 0 Å². The Morgan fingerprint density at radius 2 is 1.89 bits per heavy atom. The highest BCUT2D eigenvalue weighted by atomic mass is 15.2. The number of fused-ring (bicyclic) bond motifs is 1. The van der Waals surface area contributed by atoms with Crippen molar-refractivity contribution in [2.24, 2.45) is 0 Å². The van der Waals surface area contributed by atoms with E-state index in [-0.39, 0.29) is 0 Å². The summed E-state index contributed by atoms with van der Waals surface area (Å²) < 4.78 is 0. The minimum Gasteiger partial charge on any atom is -0.367 e. The van der Waals surface area contributed by atoms with Gasteiger partial charge in [0.25, 0.3) is 0 Å². The summed E-state index contributed by atoms with van der Waals surface area (Å²) in [7, 11) is 0. The lowest BCUT2D eigenvalue weighted by molar-refractivity contribution is 0.290. The van der Waals surface area contributed by atoms with Crippen LogP contribution < -0.4 is 16.0 Å². The van der Waals surface area contributed by atoms with Crippen molar-refractivity contribution in [3.8, 4) is 0 Å². The van der Waals surface area contributed by atoms with Crippen LogP contribution in [-0.4, -0.2) is 38.3 Å². The van der Waals surface area contributed by atoms with Gasteiger partial charge in [-0.05, 0) is 44.7 Å². The molecule has 0 aliphatic carbocycles.